The molecule has 0 aromatic heterocycles. The second kappa shape index (κ2) is 8.23. The standard InChI is InChI=1S/C23H18FNO2/c1-16-3-2-4-19(15-16)23(27)25-21-12-8-18(9-13-21)22(26)14-7-17-5-10-20(24)11-6-17/h2-15H,1H3,(H,25,27)/b14-7+. The fourth-order valence-corrected chi connectivity index (χ4v) is 2.55. The van der Waals surface area contributed by atoms with Gasteiger partial charge in [-0.3, -0.25) is 9.59 Å². The number of ketones is 1. The van der Waals surface area contributed by atoms with Crippen LogP contribution in [-0.4, -0.2) is 11.7 Å². The van der Waals surface area contributed by atoms with Crippen molar-refractivity contribution in [3.63, 3.8) is 0 Å². The Morgan fingerprint density at radius 2 is 1.59 bits per heavy atom. The third-order valence-corrected chi connectivity index (χ3v) is 4.00. The molecule has 0 bridgehead atoms. The van der Waals surface area contributed by atoms with Gasteiger partial charge in [-0.2, -0.15) is 0 Å². The second-order valence-corrected chi connectivity index (χ2v) is 6.15. The number of carbonyl (C=O) groups is 2. The summed E-state index contributed by atoms with van der Waals surface area (Å²) in [4.78, 5) is 24.5. The molecule has 0 atom stereocenters. The van der Waals surface area contributed by atoms with Crippen molar-refractivity contribution in [3.8, 4) is 0 Å². The summed E-state index contributed by atoms with van der Waals surface area (Å²) in [7, 11) is 0. The maximum atomic E-state index is 12.9. The Morgan fingerprint density at radius 3 is 2.26 bits per heavy atom. The molecule has 0 fully saturated rings. The molecule has 0 saturated heterocycles. The fraction of sp³-hybridized carbons (Fsp3) is 0.0435. The molecule has 3 nitrogen and oxygen atoms in total. The van der Waals surface area contributed by atoms with Crippen LogP contribution in [0.25, 0.3) is 6.08 Å². The van der Waals surface area contributed by atoms with Gasteiger partial charge in [0.05, 0.1) is 0 Å². The van der Waals surface area contributed by atoms with Crippen molar-refractivity contribution in [2.24, 2.45) is 0 Å². The molecule has 134 valence electrons. The highest BCUT2D eigenvalue weighted by Gasteiger charge is 2.07. The quantitative estimate of drug-likeness (QED) is 0.497. The van der Waals surface area contributed by atoms with Gasteiger partial charge in [-0.15, -0.1) is 0 Å². The molecule has 0 radical (unpaired) electrons. The Kier molecular flexibility index (Phi) is 5.57. The molecule has 0 aliphatic carbocycles. The Bertz CT molecular complexity index is 990. The zero-order valence-electron chi connectivity index (χ0n) is 14.8. The number of allylic oxidation sites excluding steroid dienone is 1. The number of hydrogen-bond donors (Lipinski definition) is 1. The van der Waals surface area contributed by atoms with Crippen LogP contribution in [0.5, 0.6) is 0 Å². The van der Waals surface area contributed by atoms with Crippen LogP contribution in [0.1, 0.15) is 31.8 Å². The molecule has 4 heteroatoms. The molecule has 0 heterocycles. The average Bonchev–Trinajstić information content (AvgIpc) is 2.68. The van der Waals surface area contributed by atoms with E-state index < -0.39 is 0 Å². The van der Waals surface area contributed by atoms with Crippen molar-refractivity contribution in [3.05, 3.63) is 107 Å². The summed E-state index contributed by atoms with van der Waals surface area (Å²) in [6.07, 6.45) is 3.07. The number of aryl methyl sites for hydroxylation is 1. The highest BCUT2D eigenvalue weighted by Crippen LogP contribution is 2.14. The van der Waals surface area contributed by atoms with E-state index >= 15 is 0 Å². The molecule has 3 rings (SSSR count). The third-order valence-electron chi connectivity index (χ3n) is 4.00. The molecule has 0 aliphatic heterocycles. The smallest absolute Gasteiger partial charge is 0.255 e. The topological polar surface area (TPSA) is 46.2 Å². The molecule has 0 aliphatic rings. The van der Waals surface area contributed by atoms with Gasteiger partial charge < -0.3 is 5.32 Å². The van der Waals surface area contributed by atoms with E-state index in [0.717, 1.165) is 11.1 Å². The first-order valence-electron chi connectivity index (χ1n) is 8.47. The van der Waals surface area contributed by atoms with E-state index in [2.05, 4.69) is 5.32 Å². The van der Waals surface area contributed by atoms with Gasteiger partial charge in [-0.1, -0.05) is 35.9 Å². The van der Waals surface area contributed by atoms with Crippen molar-refractivity contribution in [2.45, 2.75) is 6.92 Å². The summed E-state index contributed by atoms with van der Waals surface area (Å²) in [6.45, 7) is 1.93. The van der Waals surface area contributed by atoms with Crippen molar-refractivity contribution >= 4 is 23.5 Å². The lowest BCUT2D eigenvalue weighted by molar-refractivity contribution is 0.102. The maximum absolute atomic E-state index is 12.9. The van der Waals surface area contributed by atoms with Crippen LogP contribution in [0, 0.1) is 12.7 Å². The van der Waals surface area contributed by atoms with Crippen LogP contribution in [0.15, 0.2) is 78.9 Å². The van der Waals surface area contributed by atoms with Crippen LogP contribution in [0.2, 0.25) is 0 Å². The molecule has 3 aromatic rings. The Balaban J connectivity index is 1.65. The van der Waals surface area contributed by atoms with E-state index in [9.17, 15) is 14.0 Å². The van der Waals surface area contributed by atoms with Crippen LogP contribution in [-0.2, 0) is 0 Å². The monoisotopic (exact) mass is 359 g/mol. The van der Waals surface area contributed by atoms with Gasteiger partial charge >= 0.3 is 0 Å². The van der Waals surface area contributed by atoms with Crippen molar-refractivity contribution < 1.29 is 14.0 Å². The molecule has 0 spiro atoms. The number of nitrogens with one attached hydrogen (secondary N) is 1. The average molecular weight is 359 g/mol. The van der Waals surface area contributed by atoms with E-state index in [0.29, 0.717) is 16.8 Å². The van der Waals surface area contributed by atoms with Gasteiger partial charge in [0.15, 0.2) is 5.78 Å². The van der Waals surface area contributed by atoms with E-state index in [4.69, 9.17) is 0 Å². The molecule has 0 unspecified atom stereocenters. The lowest BCUT2D eigenvalue weighted by atomic mass is 10.1. The summed E-state index contributed by atoms with van der Waals surface area (Å²) in [5.41, 5.74) is 3.45. The van der Waals surface area contributed by atoms with Crippen molar-refractivity contribution in [2.75, 3.05) is 5.32 Å². The molecule has 1 amide bonds. The first kappa shape index (κ1) is 18.3. The largest absolute Gasteiger partial charge is 0.322 e. The Labute approximate surface area is 157 Å². The van der Waals surface area contributed by atoms with E-state index in [1.54, 1.807) is 48.5 Å². The zero-order valence-corrected chi connectivity index (χ0v) is 14.8. The third kappa shape index (κ3) is 4.98. The molecule has 0 saturated carbocycles. The predicted octanol–water partition coefficient (Wildman–Crippen LogP) is 5.28. The van der Waals surface area contributed by atoms with E-state index in [1.807, 2.05) is 25.1 Å². The highest BCUT2D eigenvalue weighted by atomic mass is 19.1. The number of benzene rings is 3. The van der Waals surface area contributed by atoms with Crippen LogP contribution >= 0.6 is 0 Å². The summed E-state index contributed by atoms with van der Waals surface area (Å²) < 4.78 is 12.9. The molecule has 27 heavy (non-hydrogen) atoms. The predicted molar refractivity (Wildman–Crippen MR) is 105 cm³/mol. The summed E-state index contributed by atoms with van der Waals surface area (Å²) in [5.74, 6) is -0.688. The second-order valence-electron chi connectivity index (χ2n) is 6.15. The summed E-state index contributed by atoms with van der Waals surface area (Å²) in [5, 5.41) is 2.81. The van der Waals surface area contributed by atoms with Gasteiger partial charge in [0.25, 0.3) is 5.91 Å². The maximum Gasteiger partial charge on any atom is 0.255 e. The number of anilines is 1. The van der Waals surface area contributed by atoms with Gasteiger partial charge in [0.1, 0.15) is 5.82 Å². The number of hydrogen-bond acceptors (Lipinski definition) is 2. The molecule has 3 aromatic carbocycles. The summed E-state index contributed by atoms with van der Waals surface area (Å²) >= 11 is 0. The number of rotatable bonds is 5. The normalized spacial score (nSPS) is 10.7. The van der Waals surface area contributed by atoms with Gasteiger partial charge in [0, 0.05) is 16.8 Å². The first-order valence-corrected chi connectivity index (χ1v) is 8.47. The van der Waals surface area contributed by atoms with Gasteiger partial charge in [-0.05, 0) is 67.1 Å². The van der Waals surface area contributed by atoms with Crippen molar-refractivity contribution in [1.29, 1.82) is 0 Å². The molecule has 1 N–H and O–H groups in total. The van der Waals surface area contributed by atoms with Crippen LogP contribution in [0.4, 0.5) is 10.1 Å². The van der Waals surface area contributed by atoms with Crippen molar-refractivity contribution in [1.82, 2.24) is 0 Å². The van der Waals surface area contributed by atoms with Gasteiger partial charge in [0.2, 0.25) is 0 Å². The van der Waals surface area contributed by atoms with Gasteiger partial charge in [-0.25, -0.2) is 4.39 Å². The van der Waals surface area contributed by atoms with Crippen LogP contribution < -0.4 is 5.32 Å². The Morgan fingerprint density at radius 1 is 0.889 bits per heavy atom. The Hall–Kier alpha value is -3.53. The number of amides is 1. The number of carbonyl (C=O) groups excluding carboxylic acids is 2. The lowest BCUT2D eigenvalue weighted by Crippen LogP contribution is -2.12. The van der Waals surface area contributed by atoms with E-state index in [-0.39, 0.29) is 17.5 Å². The zero-order chi connectivity index (χ0) is 19.2. The minimum Gasteiger partial charge on any atom is -0.322 e. The SMILES string of the molecule is Cc1cccc(C(=O)Nc2ccc(C(=O)/C=C/c3ccc(F)cc3)cc2)c1. The van der Waals surface area contributed by atoms with Crippen LogP contribution in [0.3, 0.4) is 0 Å². The highest BCUT2D eigenvalue weighted by molar-refractivity contribution is 6.08. The minimum absolute atomic E-state index is 0.170. The lowest BCUT2D eigenvalue weighted by Gasteiger charge is -2.06. The molecular formula is C23H18FNO2. The van der Waals surface area contributed by atoms with E-state index in [1.165, 1.54) is 18.2 Å². The minimum atomic E-state index is -0.318. The fourth-order valence-electron chi connectivity index (χ4n) is 2.55. The summed E-state index contributed by atoms with van der Waals surface area (Å²) in [6, 6.07) is 19.9. The molecular weight excluding hydrogens is 341 g/mol. The first-order chi connectivity index (χ1) is 13.0. The number of halogens is 1.